The zero-order chi connectivity index (χ0) is 9.07. The Labute approximate surface area is 72.4 Å². The van der Waals surface area contributed by atoms with Gasteiger partial charge < -0.3 is 10.8 Å². The minimum atomic E-state index is -1.36. The van der Waals surface area contributed by atoms with Crippen molar-refractivity contribution in [3.05, 3.63) is 0 Å². The SMILES string of the molecule is CC(C)CCC(N)(S)C(=O)O. The molecule has 0 saturated heterocycles. The minimum Gasteiger partial charge on any atom is -0.479 e. The van der Waals surface area contributed by atoms with Crippen molar-refractivity contribution in [3.63, 3.8) is 0 Å². The summed E-state index contributed by atoms with van der Waals surface area (Å²) in [5.74, 6) is -0.592. The van der Waals surface area contributed by atoms with E-state index in [0.717, 1.165) is 6.42 Å². The lowest BCUT2D eigenvalue weighted by Gasteiger charge is -2.18. The Bertz CT molecular complexity index is 145. The lowest BCUT2D eigenvalue weighted by atomic mass is 10.0. The van der Waals surface area contributed by atoms with Crippen LogP contribution in [0.1, 0.15) is 26.7 Å². The molecule has 0 heterocycles. The molecule has 0 fully saturated rings. The number of hydrogen-bond acceptors (Lipinski definition) is 3. The first kappa shape index (κ1) is 10.8. The number of carbonyl (C=O) groups is 1. The van der Waals surface area contributed by atoms with Crippen LogP contribution < -0.4 is 5.73 Å². The van der Waals surface area contributed by atoms with Gasteiger partial charge in [-0.25, -0.2) is 4.79 Å². The van der Waals surface area contributed by atoms with Gasteiger partial charge in [0.15, 0.2) is 4.87 Å². The fourth-order valence-corrected chi connectivity index (χ4v) is 0.745. The zero-order valence-corrected chi connectivity index (χ0v) is 7.77. The molecule has 0 aliphatic rings. The molecule has 0 aliphatic heterocycles. The zero-order valence-electron chi connectivity index (χ0n) is 6.87. The van der Waals surface area contributed by atoms with Crippen LogP contribution >= 0.6 is 12.6 Å². The van der Waals surface area contributed by atoms with Gasteiger partial charge in [0, 0.05) is 0 Å². The highest BCUT2D eigenvalue weighted by Crippen LogP contribution is 2.17. The Balaban J connectivity index is 3.83. The van der Waals surface area contributed by atoms with Gasteiger partial charge in [-0.3, -0.25) is 0 Å². The van der Waals surface area contributed by atoms with E-state index in [4.69, 9.17) is 10.8 Å². The Morgan fingerprint density at radius 3 is 2.45 bits per heavy atom. The van der Waals surface area contributed by atoms with Crippen molar-refractivity contribution >= 4 is 18.6 Å². The van der Waals surface area contributed by atoms with E-state index in [-0.39, 0.29) is 0 Å². The van der Waals surface area contributed by atoms with Crippen LogP contribution in [0.15, 0.2) is 0 Å². The summed E-state index contributed by atoms with van der Waals surface area (Å²) < 4.78 is 0. The number of rotatable bonds is 4. The number of thiol groups is 1. The quantitative estimate of drug-likeness (QED) is 0.445. The van der Waals surface area contributed by atoms with Crippen LogP contribution in [-0.4, -0.2) is 15.9 Å². The molecule has 0 aromatic heterocycles. The number of carboxylic acids is 1. The summed E-state index contributed by atoms with van der Waals surface area (Å²) in [5, 5.41) is 8.55. The van der Waals surface area contributed by atoms with Crippen molar-refractivity contribution in [2.45, 2.75) is 31.6 Å². The molecule has 4 heteroatoms. The summed E-state index contributed by atoms with van der Waals surface area (Å²) in [4.78, 5) is 9.08. The van der Waals surface area contributed by atoms with E-state index in [1.807, 2.05) is 13.8 Å². The number of hydrogen-bond donors (Lipinski definition) is 3. The molecule has 0 radical (unpaired) electrons. The Morgan fingerprint density at radius 2 is 2.18 bits per heavy atom. The smallest absolute Gasteiger partial charge is 0.333 e. The molecule has 0 amide bonds. The lowest BCUT2D eigenvalue weighted by molar-refractivity contribution is -0.139. The first-order valence-corrected chi connectivity index (χ1v) is 4.05. The van der Waals surface area contributed by atoms with Crippen molar-refractivity contribution in [1.29, 1.82) is 0 Å². The fourth-order valence-electron chi connectivity index (χ4n) is 0.616. The van der Waals surface area contributed by atoms with Crippen molar-refractivity contribution in [2.75, 3.05) is 0 Å². The highest BCUT2D eigenvalue weighted by atomic mass is 32.1. The van der Waals surface area contributed by atoms with Gasteiger partial charge in [-0.2, -0.15) is 0 Å². The van der Waals surface area contributed by atoms with Crippen LogP contribution in [0, 0.1) is 5.92 Å². The van der Waals surface area contributed by atoms with Crippen LogP contribution in [0.5, 0.6) is 0 Å². The van der Waals surface area contributed by atoms with Crippen molar-refractivity contribution in [2.24, 2.45) is 11.7 Å². The second-order valence-electron chi connectivity index (χ2n) is 3.16. The Morgan fingerprint density at radius 1 is 1.73 bits per heavy atom. The van der Waals surface area contributed by atoms with Crippen molar-refractivity contribution in [3.8, 4) is 0 Å². The van der Waals surface area contributed by atoms with Crippen LogP contribution in [0.25, 0.3) is 0 Å². The molecule has 0 saturated carbocycles. The number of nitrogens with two attached hydrogens (primary N) is 1. The largest absolute Gasteiger partial charge is 0.479 e. The summed E-state index contributed by atoms with van der Waals surface area (Å²) in [5.41, 5.74) is 5.37. The third-order valence-corrected chi connectivity index (χ3v) is 1.89. The van der Waals surface area contributed by atoms with Crippen molar-refractivity contribution < 1.29 is 9.90 Å². The molecule has 1 atom stereocenters. The number of carboxylic acid groups (broad SMARTS) is 1. The maximum Gasteiger partial charge on any atom is 0.333 e. The number of aliphatic carboxylic acids is 1. The predicted octanol–water partition coefficient (Wildman–Crippen LogP) is 1.09. The molecular formula is C7H15NO2S. The van der Waals surface area contributed by atoms with Gasteiger partial charge in [0.25, 0.3) is 0 Å². The molecule has 0 bridgehead atoms. The van der Waals surface area contributed by atoms with Gasteiger partial charge in [0.2, 0.25) is 0 Å². The van der Waals surface area contributed by atoms with Crippen LogP contribution in [-0.2, 0) is 4.79 Å². The van der Waals surface area contributed by atoms with Crippen LogP contribution in [0.2, 0.25) is 0 Å². The summed E-state index contributed by atoms with van der Waals surface area (Å²) >= 11 is 3.83. The van der Waals surface area contributed by atoms with E-state index in [0.29, 0.717) is 12.3 Å². The maximum absolute atomic E-state index is 10.4. The second-order valence-corrected chi connectivity index (χ2v) is 3.96. The highest BCUT2D eigenvalue weighted by Gasteiger charge is 2.28. The van der Waals surface area contributed by atoms with Gasteiger partial charge in [-0.1, -0.05) is 13.8 Å². The average Bonchev–Trinajstić information content (AvgIpc) is 1.84. The predicted molar refractivity (Wildman–Crippen MR) is 47.6 cm³/mol. The van der Waals surface area contributed by atoms with Gasteiger partial charge in [0.05, 0.1) is 0 Å². The van der Waals surface area contributed by atoms with E-state index in [9.17, 15) is 4.79 Å². The highest BCUT2D eigenvalue weighted by molar-refractivity contribution is 7.82. The van der Waals surface area contributed by atoms with Crippen LogP contribution in [0.4, 0.5) is 0 Å². The minimum absolute atomic E-state index is 0.406. The Kier molecular flexibility index (Phi) is 3.89. The van der Waals surface area contributed by atoms with E-state index in [1.54, 1.807) is 0 Å². The monoisotopic (exact) mass is 177 g/mol. The molecule has 0 aliphatic carbocycles. The first-order chi connectivity index (χ1) is 4.86. The first-order valence-electron chi connectivity index (χ1n) is 3.61. The van der Waals surface area contributed by atoms with Gasteiger partial charge in [-0.05, 0) is 18.8 Å². The molecule has 11 heavy (non-hydrogen) atoms. The molecule has 3 N–H and O–H groups in total. The molecule has 0 rings (SSSR count). The molecule has 0 spiro atoms. The van der Waals surface area contributed by atoms with Crippen molar-refractivity contribution in [1.82, 2.24) is 0 Å². The average molecular weight is 177 g/mol. The summed E-state index contributed by atoms with van der Waals surface area (Å²) in [7, 11) is 0. The molecule has 0 aromatic rings. The standard InChI is InChI=1S/C7H15NO2S/c1-5(2)3-4-7(8,11)6(9)10/h5,11H,3-4,8H2,1-2H3,(H,9,10). The summed E-state index contributed by atoms with van der Waals surface area (Å²) in [6, 6.07) is 0. The summed E-state index contributed by atoms with van der Waals surface area (Å²) in [6.07, 6.45) is 1.19. The summed E-state index contributed by atoms with van der Waals surface area (Å²) in [6.45, 7) is 4.04. The molecular weight excluding hydrogens is 162 g/mol. The Hall–Kier alpha value is -0.220. The van der Waals surface area contributed by atoms with E-state index in [1.165, 1.54) is 0 Å². The fraction of sp³-hybridized carbons (Fsp3) is 0.857. The molecule has 0 aromatic carbocycles. The second kappa shape index (κ2) is 3.97. The molecule has 3 nitrogen and oxygen atoms in total. The maximum atomic E-state index is 10.4. The molecule has 1 unspecified atom stereocenters. The van der Waals surface area contributed by atoms with Gasteiger partial charge in [-0.15, -0.1) is 12.6 Å². The van der Waals surface area contributed by atoms with E-state index < -0.39 is 10.8 Å². The van der Waals surface area contributed by atoms with Gasteiger partial charge >= 0.3 is 5.97 Å². The van der Waals surface area contributed by atoms with E-state index in [2.05, 4.69) is 12.6 Å². The third kappa shape index (κ3) is 4.27. The van der Waals surface area contributed by atoms with E-state index >= 15 is 0 Å². The topological polar surface area (TPSA) is 63.3 Å². The normalized spacial score (nSPS) is 16.5. The van der Waals surface area contributed by atoms with Crippen LogP contribution in [0.3, 0.4) is 0 Å². The lowest BCUT2D eigenvalue weighted by Crippen LogP contribution is -2.42. The van der Waals surface area contributed by atoms with Gasteiger partial charge in [0.1, 0.15) is 0 Å². The molecule has 66 valence electrons. The third-order valence-electron chi connectivity index (χ3n) is 1.47.